The molecule has 5 nitrogen and oxygen atoms in total. The zero-order valence-corrected chi connectivity index (χ0v) is 18.0. The van der Waals surface area contributed by atoms with Crippen molar-refractivity contribution >= 4 is 0 Å². The van der Waals surface area contributed by atoms with Crippen molar-refractivity contribution in [2.45, 2.75) is 32.4 Å². The summed E-state index contributed by atoms with van der Waals surface area (Å²) < 4.78 is 0. The van der Waals surface area contributed by atoms with Gasteiger partial charge in [0.25, 0.3) is 5.56 Å². The minimum Gasteiger partial charge on any atom is -0.306 e. The van der Waals surface area contributed by atoms with Crippen molar-refractivity contribution < 1.29 is 0 Å². The molecule has 5 heteroatoms. The molecular weight excluding hydrogens is 384 g/mol. The predicted octanol–water partition coefficient (Wildman–Crippen LogP) is 3.71. The number of aromatic amines is 1. The summed E-state index contributed by atoms with van der Waals surface area (Å²) in [6, 6.07) is 20.7. The smallest absolute Gasteiger partial charge is 0.254 e. The monoisotopic (exact) mass is 414 g/mol. The Morgan fingerprint density at radius 2 is 1.61 bits per heavy atom. The lowest BCUT2D eigenvalue weighted by molar-refractivity contribution is 0.131. The summed E-state index contributed by atoms with van der Waals surface area (Å²) in [6.45, 7) is 6.23. The van der Waals surface area contributed by atoms with E-state index in [0.717, 1.165) is 55.3 Å². The molecule has 0 aliphatic carbocycles. The molecule has 1 saturated heterocycles. The second kappa shape index (κ2) is 9.16. The molecule has 3 aromatic rings. The molecule has 0 unspecified atom stereocenters. The molecule has 3 heterocycles. The number of benzene rings is 2. The molecule has 2 aliphatic rings. The number of nitrogens with zero attached hydrogens (tertiary/aromatic N) is 3. The fraction of sp³-hybridized carbons (Fsp3) is 0.385. The lowest BCUT2D eigenvalue weighted by atomic mass is 9.94. The highest BCUT2D eigenvalue weighted by Crippen LogP contribution is 2.24. The van der Waals surface area contributed by atoms with E-state index in [-0.39, 0.29) is 5.56 Å². The first-order valence-corrected chi connectivity index (χ1v) is 11.4. The van der Waals surface area contributed by atoms with Crippen LogP contribution in [0.1, 0.15) is 29.7 Å². The van der Waals surface area contributed by atoms with Gasteiger partial charge in [0.05, 0.1) is 5.69 Å². The highest BCUT2D eigenvalue weighted by atomic mass is 16.1. The average molecular weight is 415 g/mol. The number of H-pyrrole nitrogens is 1. The van der Waals surface area contributed by atoms with Gasteiger partial charge in [-0.1, -0.05) is 60.7 Å². The van der Waals surface area contributed by atoms with Crippen molar-refractivity contribution in [2.24, 2.45) is 5.92 Å². The van der Waals surface area contributed by atoms with Crippen molar-refractivity contribution in [2.75, 3.05) is 26.2 Å². The third-order valence-electron chi connectivity index (χ3n) is 6.67. The Bertz CT molecular complexity index is 1060. The minimum atomic E-state index is 0.0257. The van der Waals surface area contributed by atoms with Crippen LogP contribution >= 0.6 is 0 Å². The second-order valence-corrected chi connectivity index (χ2v) is 8.90. The molecule has 0 spiro atoms. The Labute approximate surface area is 183 Å². The first kappa shape index (κ1) is 20.2. The minimum absolute atomic E-state index is 0.0257. The summed E-state index contributed by atoms with van der Waals surface area (Å²) in [5, 5.41) is 0. The molecular formula is C26H30N4O. The third-order valence-corrected chi connectivity index (χ3v) is 6.67. The van der Waals surface area contributed by atoms with E-state index in [9.17, 15) is 4.79 Å². The number of nitrogens with one attached hydrogen (secondary N) is 1. The molecule has 0 atom stereocenters. The summed E-state index contributed by atoms with van der Waals surface area (Å²) in [7, 11) is 0. The van der Waals surface area contributed by atoms with Crippen LogP contribution in [0.5, 0.6) is 0 Å². The molecule has 31 heavy (non-hydrogen) atoms. The Hall–Kier alpha value is -2.76. The van der Waals surface area contributed by atoms with Crippen molar-refractivity contribution in [3.05, 3.63) is 87.8 Å². The Morgan fingerprint density at radius 3 is 2.35 bits per heavy atom. The van der Waals surface area contributed by atoms with Crippen LogP contribution in [-0.4, -0.2) is 45.9 Å². The second-order valence-electron chi connectivity index (χ2n) is 8.90. The van der Waals surface area contributed by atoms with Crippen LogP contribution in [0.25, 0.3) is 11.4 Å². The lowest BCUT2D eigenvalue weighted by Gasteiger charge is -2.36. The molecule has 160 valence electrons. The third kappa shape index (κ3) is 4.78. The van der Waals surface area contributed by atoms with E-state index in [4.69, 9.17) is 4.98 Å². The number of fused-ring (bicyclic) bond motifs is 1. The maximum atomic E-state index is 12.6. The van der Waals surface area contributed by atoms with E-state index in [1.165, 1.54) is 31.5 Å². The number of likely N-dealkylation sites (tertiary alicyclic amines) is 1. The maximum absolute atomic E-state index is 12.6. The van der Waals surface area contributed by atoms with E-state index in [1.807, 2.05) is 30.3 Å². The van der Waals surface area contributed by atoms with E-state index in [0.29, 0.717) is 5.82 Å². The van der Waals surface area contributed by atoms with Crippen molar-refractivity contribution in [3.63, 3.8) is 0 Å². The summed E-state index contributed by atoms with van der Waals surface area (Å²) in [4.78, 5) is 25.5. The number of rotatable bonds is 5. The highest BCUT2D eigenvalue weighted by Gasteiger charge is 2.26. The lowest BCUT2D eigenvalue weighted by Crippen LogP contribution is -2.41. The van der Waals surface area contributed by atoms with E-state index in [2.05, 4.69) is 45.1 Å². The highest BCUT2D eigenvalue weighted by molar-refractivity contribution is 5.54. The topological polar surface area (TPSA) is 52.2 Å². The zero-order chi connectivity index (χ0) is 21.0. The largest absolute Gasteiger partial charge is 0.306 e. The normalized spacial score (nSPS) is 18.1. The van der Waals surface area contributed by atoms with Gasteiger partial charge in [-0.2, -0.15) is 0 Å². The van der Waals surface area contributed by atoms with Crippen LogP contribution in [-0.2, 0) is 19.5 Å². The van der Waals surface area contributed by atoms with Crippen LogP contribution in [0.15, 0.2) is 65.5 Å². The van der Waals surface area contributed by atoms with E-state index >= 15 is 0 Å². The predicted molar refractivity (Wildman–Crippen MR) is 124 cm³/mol. The summed E-state index contributed by atoms with van der Waals surface area (Å²) >= 11 is 0. The molecule has 5 rings (SSSR count). The zero-order valence-electron chi connectivity index (χ0n) is 18.0. The van der Waals surface area contributed by atoms with Gasteiger partial charge in [-0.25, -0.2) is 4.98 Å². The molecule has 0 saturated carbocycles. The van der Waals surface area contributed by atoms with Gasteiger partial charge >= 0.3 is 0 Å². The quantitative estimate of drug-likeness (QED) is 0.692. The molecule has 2 aliphatic heterocycles. The van der Waals surface area contributed by atoms with Crippen molar-refractivity contribution in [3.8, 4) is 11.4 Å². The van der Waals surface area contributed by atoms with E-state index < -0.39 is 0 Å². The van der Waals surface area contributed by atoms with Gasteiger partial charge in [0.2, 0.25) is 0 Å². The van der Waals surface area contributed by atoms with Crippen LogP contribution in [0.3, 0.4) is 0 Å². The van der Waals surface area contributed by atoms with E-state index in [1.54, 1.807) is 0 Å². The first-order chi connectivity index (χ1) is 15.2. The van der Waals surface area contributed by atoms with Crippen LogP contribution in [0, 0.1) is 5.92 Å². The Morgan fingerprint density at radius 1 is 0.903 bits per heavy atom. The van der Waals surface area contributed by atoms with Crippen LogP contribution in [0.4, 0.5) is 0 Å². The van der Waals surface area contributed by atoms with Gasteiger partial charge in [0.15, 0.2) is 0 Å². The maximum Gasteiger partial charge on any atom is 0.254 e. The van der Waals surface area contributed by atoms with Crippen molar-refractivity contribution in [1.82, 2.24) is 19.8 Å². The number of aromatic nitrogens is 2. The summed E-state index contributed by atoms with van der Waals surface area (Å²) in [6.07, 6.45) is 3.28. The Kier molecular flexibility index (Phi) is 5.96. The molecule has 0 radical (unpaired) electrons. The summed E-state index contributed by atoms with van der Waals surface area (Å²) in [5.41, 5.74) is 4.21. The molecule has 1 N–H and O–H groups in total. The molecule has 1 fully saturated rings. The number of piperidine rings is 1. The molecule has 0 bridgehead atoms. The number of hydrogen-bond donors (Lipinski definition) is 1. The van der Waals surface area contributed by atoms with Gasteiger partial charge in [-0.05, 0) is 43.8 Å². The Balaban J connectivity index is 1.20. The fourth-order valence-electron chi connectivity index (χ4n) is 4.92. The van der Waals surface area contributed by atoms with Crippen LogP contribution in [0.2, 0.25) is 0 Å². The van der Waals surface area contributed by atoms with Gasteiger partial charge in [0, 0.05) is 37.3 Å². The summed E-state index contributed by atoms with van der Waals surface area (Å²) in [5.74, 6) is 1.41. The van der Waals surface area contributed by atoms with Crippen LogP contribution < -0.4 is 5.56 Å². The average Bonchev–Trinajstić information content (AvgIpc) is 2.81. The van der Waals surface area contributed by atoms with Gasteiger partial charge in [-0.3, -0.25) is 14.6 Å². The fourth-order valence-corrected chi connectivity index (χ4v) is 4.92. The standard InChI is InChI=1S/C26H30N4O/c31-26-23-13-16-30(19-24(23)27-25(28-26)22-9-5-2-6-10-22)18-21-11-14-29(15-12-21)17-20-7-3-1-4-8-20/h1-10,21H,11-19H2,(H,27,28,31). The molecule has 0 amide bonds. The SMILES string of the molecule is O=c1[nH]c(-c2ccccc2)nc2c1CCN(CC1CCN(Cc3ccccc3)CC1)C2. The molecule has 1 aromatic heterocycles. The molecule has 2 aromatic carbocycles. The van der Waals surface area contributed by atoms with Crippen molar-refractivity contribution in [1.29, 1.82) is 0 Å². The van der Waals surface area contributed by atoms with Gasteiger partial charge in [-0.15, -0.1) is 0 Å². The van der Waals surface area contributed by atoms with Gasteiger partial charge < -0.3 is 4.98 Å². The number of hydrogen-bond acceptors (Lipinski definition) is 4. The van der Waals surface area contributed by atoms with Gasteiger partial charge in [0.1, 0.15) is 5.82 Å². The first-order valence-electron chi connectivity index (χ1n) is 11.4.